The number of ether oxygens (including phenoxy) is 1. The molecule has 0 heterocycles. The number of hydrogen-bond donors (Lipinski definition) is 3. The van der Waals surface area contributed by atoms with Gasteiger partial charge in [0.15, 0.2) is 0 Å². The summed E-state index contributed by atoms with van der Waals surface area (Å²) in [5.74, 6) is -0.622. The van der Waals surface area contributed by atoms with Crippen LogP contribution in [0.4, 0.5) is 0 Å². The van der Waals surface area contributed by atoms with Gasteiger partial charge in [0.1, 0.15) is 11.8 Å². The minimum absolute atomic E-state index is 0.0215. The molecule has 0 fully saturated rings. The van der Waals surface area contributed by atoms with E-state index in [9.17, 15) is 14.4 Å². The number of hydrogen-bond acceptors (Lipinski definition) is 4. The van der Waals surface area contributed by atoms with Crippen LogP contribution in [-0.2, 0) is 20.8 Å². The molecule has 0 spiro atoms. The van der Waals surface area contributed by atoms with Crippen LogP contribution in [0.5, 0.6) is 5.75 Å². The number of methoxy groups -OCH3 is 1. The van der Waals surface area contributed by atoms with Crippen molar-refractivity contribution in [2.75, 3.05) is 7.11 Å². The van der Waals surface area contributed by atoms with Crippen LogP contribution in [-0.4, -0.2) is 30.9 Å². The largest absolute Gasteiger partial charge is 0.497 e. The molecule has 0 radical (unpaired) electrons. The van der Waals surface area contributed by atoms with E-state index in [0.29, 0.717) is 5.75 Å². The maximum atomic E-state index is 12.2. The topological polar surface area (TPSA) is 111 Å². The predicted molar refractivity (Wildman–Crippen MR) is 110 cm³/mol. The van der Waals surface area contributed by atoms with Crippen LogP contribution < -0.4 is 21.1 Å². The van der Waals surface area contributed by atoms with Gasteiger partial charge in [0.05, 0.1) is 13.2 Å². The minimum atomic E-state index is -0.860. The van der Waals surface area contributed by atoms with Crippen LogP contribution in [0, 0.1) is 0 Å². The molecule has 2 rings (SSSR count). The van der Waals surface area contributed by atoms with Gasteiger partial charge in [-0.25, -0.2) is 0 Å². The van der Waals surface area contributed by atoms with Crippen molar-refractivity contribution in [3.05, 3.63) is 65.7 Å². The number of primary amides is 1. The Bertz CT molecular complexity index is 839. The Morgan fingerprint density at radius 3 is 2.24 bits per heavy atom. The van der Waals surface area contributed by atoms with Crippen molar-refractivity contribution < 1.29 is 19.1 Å². The van der Waals surface area contributed by atoms with Gasteiger partial charge in [-0.05, 0) is 30.2 Å². The fraction of sp³-hybridized carbons (Fsp3) is 0.318. The van der Waals surface area contributed by atoms with Gasteiger partial charge in [0.25, 0.3) is 0 Å². The molecule has 2 aromatic carbocycles. The van der Waals surface area contributed by atoms with E-state index in [4.69, 9.17) is 10.5 Å². The van der Waals surface area contributed by atoms with Gasteiger partial charge >= 0.3 is 0 Å². The number of nitrogens with one attached hydrogen (secondary N) is 2. The van der Waals surface area contributed by atoms with Crippen LogP contribution >= 0.6 is 0 Å². The van der Waals surface area contributed by atoms with Gasteiger partial charge in [0, 0.05) is 19.3 Å². The van der Waals surface area contributed by atoms with Crippen molar-refractivity contribution >= 4 is 17.7 Å². The van der Waals surface area contributed by atoms with Gasteiger partial charge in [-0.3, -0.25) is 14.4 Å². The third-order valence-electron chi connectivity index (χ3n) is 4.51. The molecule has 0 unspecified atom stereocenters. The van der Waals surface area contributed by atoms with E-state index in [-0.39, 0.29) is 31.2 Å². The predicted octanol–water partition coefficient (Wildman–Crippen LogP) is 1.87. The van der Waals surface area contributed by atoms with Crippen molar-refractivity contribution in [2.24, 2.45) is 5.73 Å². The molecule has 2 aromatic rings. The average Bonchev–Trinajstić information content (AvgIpc) is 2.72. The molecule has 7 nitrogen and oxygen atoms in total. The van der Waals surface area contributed by atoms with E-state index in [2.05, 4.69) is 10.6 Å². The Morgan fingerprint density at radius 1 is 0.966 bits per heavy atom. The summed E-state index contributed by atoms with van der Waals surface area (Å²) in [6, 6.07) is 15.7. The lowest BCUT2D eigenvalue weighted by Crippen LogP contribution is -2.46. The van der Waals surface area contributed by atoms with Crippen molar-refractivity contribution in [3.63, 3.8) is 0 Å². The molecule has 4 N–H and O–H groups in total. The molecule has 7 heteroatoms. The molecule has 154 valence electrons. The average molecular weight is 397 g/mol. The molecule has 0 aliphatic heterocycles. The molecule has 0 aliphatic carbocycles. The first-order valence-electron chi connectivity index (χ1n) is 9.45. The van der Waals surface area contributed by atoms with Crippen molar-refractivity contribution in [3.8, 4) is 5.75 Å². The zero-order valence-electron chi connectivity index (χ0n) is 16.7. The van der Waals surface area contributed by atoms with Crippen molar-refractivity contribution in [2.45, 2.75) is 38.3 Å². The van der Waals surface area contributed by atoms with E-state index in [1.54, 1.807) is 25.3 Å². The smallest absolute Gasteiger partial charge is 0.240 e. The SMILES string of the molecule is COc1cccc(C[C@H](NC(=O)CCC(=O)N[C@H](C)c2ccccc2)C(N)=O)c1. The lowest BCUT2D eigenvalue weighted by Gasteiger charge is -2.17. The number of nitrogens with two attached hydrogens (primary N) is 1. The summed E-state index contributed by atoms with van der Waals surface area (Å²) in [5.41, 5.74) is 7.22. The lowest BCUT2D eigenvalue weighted by atomic mass is 10.0. The summed E-state index contributed by atoms with van der Waals surface area (Å²) in [5, 5.41) is 5.46. The quantitative estimate of drug-likeness (QED) is 0.568. The highest BCUT2D eigenvalue weighted by Gasteiger charge is 2.19. The molecule has 0 saturated heterocycles. The van der Waals surface area contributed by atoms with Crippen molar-refractivity contribution in [1.29, 1.82) is 0 Å². The first kappa shape index (κ1) is 21.9. The number of amides is 3. The highest BCUT2D eigenvalue weighted by atomic mass is 16.5. The molecular formula is C22H27N3O4. The van der Waals surface area contributed by atoms with Crippen LogP contribution in [0.2, 0.25) is 0 Å². The van der Waals surface area contributed by atoms with E-state index in [0.717, 1.165) is 11.1 Å². The van der Waals surface area contributed by atoms with E-state index in [1.165, 1.54) is 0 Å². The molecule has 2 atom stereocenters. The zero-order chi connectivity index (χ0) is 21.2. The number of carbonyl (C=O) groups is 3. The second-order valence-electron chi connectivity index (χ2n) is 6.78. The Hall–Kier alpha value is -3.35. The standard InChI is InChI=1S/C22H27N3O4/c1-15(17-8-4-3-5-9-17)24-20(26)11-12-21(27)25-19(22(23)28)14-16-7-6-10-18(13-16)29-2/h3-10,13,15,19H,11-12,14H2,1-2H3,(H2,23,28)(H,24,26)(H,25,27)/t15-,19+/m1/s1. The van der Waals surface area contributed by atoms with Crippen LogP contribution in [0.15, 0.2) is 54.6 Å². The summed E-state index contributed by atoms with van der Waals surface area (Å²) in [6.45, 7) is 1.88. The van der Waals surface area contributed by atoms with Gasteiger partial charge in [-0.15, -0.1) is 0 Å². The second kappa shape index (κ2) is 10.8. The number of benzene rings is 2. The Morgan fingerprint density at radius 2 is 1.62 bits per heavy atom. The summed E-state index contributed by atoms with van der Waals surface area (Å²) in [6.07, 6.45) is 0.235. The normalized spacial score (nSPS) is 12.5. The van der Waals surface area contributed by atoms with Crippen molar-refractivity contribution in [1.82, 2.24) is 10.6 Å². The summed E-state index contributed by atoms with van der Waals surface area (Å²) in [7, 11) is 1.55. The maximum absolute atomic E-state index is 12.2. The molecular weight excluding hydrogens is 370 g/mol. The number of carbonyl (C=O) groups excluding carboxylic acids is 3. The van der Waals surface area contributed by atoms with E-state index < -0.39 is 17.9 Å². The molecule has 29 heavy (non-hydrogen) atoms. The first-order valence-corrected chi connectivity index (χ1v) is 9.45. The first-order chi connectivity index (χ1) is 13.9. The number of rotatable bonds is 10. The zero-order valence-corrected chi connectivity index (χ0v) is 16.7. The van der Waals surface area contributed by atoms with Gasteiger partial charge < -0.3 is 21.1 Å². The Balaban J connectivity index is 1.83. The monoisotopic (exact) mass is 397 g/mol. The molecule has 0 aliphatic rings. The third-order valence-corrected chi connectivity index (χ3v) is 4.51. The van der Waals surface area contributed by atoms with Gasteiger partial charge in [-0.2, -0.15) is 0 Å². The summed E-state index contributed by atoms with van der Waals surface area (Å²) >= 11 is 0. The fourth-order valence-electron chi connectivity index (χ4n) is 2.89. The maximum Gasteiger partial charge on any atom is 0.240 e. The van der Waals surface area contributed by atoms with Crippen LogP contribution in [0.3, 0.4) is 0 Å². The summed E-state index contributed by atoms with van der Waals surface area (Å²) in [4.78, 5) is 36.1. The molecule has 0 aromatic heterocycles. The Labute approximate surface area is 170 Å². The fourth-order valence-corrected chi connectivity index (χ4v) is 2.89. The highest BCUT2D eigenvalue weighted by Crippen LogP contribution is 2.14. The van der Waals surface area contributed by atoms with Gasteiger partial charge in [-0.1, -0.05) is 42.5 Å². The third kappa shape index (κ3) is 7.29. The highest BCUT2D eigenvalue weighted by molar-refractivity contribution is 5.88. The van der Waals surface area contributed by atoms with Crippen LogP contribution in [0.1, 0.15) is 36.9 Å². The molecule has 3 amide bonds. The molecule has 0 saturated carbocycles. The minimum Gasteiger partial charge on any atom is -0.497 e. The molecule has 0 bridgehead atoms. The van der Waals surface area contributed by atoms with Crippen LogP contribution in [0.25, 0.3) is 0 Å². The lowest BCUT2D eigenvalue weighted by molar-refractivity contribution is -0.129. The van der Waals surface area contributed by atoms with E-state index in [1.807, 2.05) is 43.3 Å². The second-order valence-corrected chi connectivity index (χ2v) is 6.78. The van der Waals surface area contributed by atoms with Gasteiger partial charge in [0.2, 0.25) is 17.7 Å². The Kier molecular flexibility index (Phi) is 8.21. The van der Waals surface area contributed by atoms with E-state index >= 15 is 0 Å². The summed E-state index contributed by atoms with van der Waals surface area (Å²) < 4.78 is 5.16.